The first-order valence-corrected chi connectivity index (χ1v) is 11.2. The van der Waals surface area contributed by atoms with Gasteiger partial charge in [-0.25, -0.2) is 0 Å². The van der Waals surface area contributed by atoms with E-state index in [1.807, 2.05) is 6.92 Å². The highest BCUT2D eigenvalue weighted by molar-refractivity contribution is 6.71. The lowest BCUT2D eigenvalue weighted by atomic mass is 10.2. The molecule has 0 spiro atoms. The molecule has 1 aliphatic rings. The molecule has 0 bridgehead atoms. The van der Waals surface area contributed by atoms with E-state index in [0.29, 0.717) is 6.42 Å². The maximum absolute atomic E-state index is 10.6. The highest BCUT2D eigenvalue weighted by Crippen LogP contribution is 2.24. The fourth-order valence-corrected chi connectivity index (χ4v) is 4.22. The molecule has 0 amide bonds. The summed E-state index contributed by atoms with van der Waals surface area (Å²) in [5, 5.41) is 10.6. The van der Waals surface area contributed by atoms with Gasteiger partial charge in [-0.1, -0.05) is 26.7 Å². The van der Waals surface area contributed by atoms with Crippen LogP contribution in [0.1, 0.15) is 52.4 Å². The van der Waals surface area contributed by atoms with Crippen LogP contribution in [0.4, 0.5) is 0 Å². The van der Waals surface area contributed by atoms with Gasteiger partial charge in [-0.05, 0) is 38.4 Å². The molecule has 4 nitrogen and oxygen atoms in total. The smallest absolute Gasteiger partial charge is 0.190 e. The van der Waals surface area contributed by atoms with Gasteiger partial charge in [0.1, 0.15) is 0 Å². The minimum Gasteiger partial charge on any atom is -0.412 e. The van der Waals surface area contributed by atoms with Gasteiger partial charge in [0.05, 0.1) is 6.61 Å². The van der Waals surface area contributed by atoms with Crippen LogP contribution < -0.4 is 0 Å². The van der Waals surface area contributed by atoms with Gasteiger partial charge in [0.15, 0.2) is 20.4 Å². The van der Waals surface area contributed by atoms with E-state index in [1.54, 1.807) is 0 Å². The zero-order valence-corrected chi connectivity index (χ0v) is 14.6. The van der Waals surface area contributed by atoms with Crippen LogP contribution in [0, 0.1) is 0 Å². The van der Waals surface area contributed by atoms with Crippen molar-refractivity contribution in [2.45, 2.75) is 83.6 Å². The predicted octanol–water partition coefficient (Wildman–Crippen LogP) is 3.65. The van der Waals surface area contributed by atoms with Crippen LogP contribution in [0.5, 0.6) is 0 Å². The third kappa shape index (κ3) is 6.67. The topological polar surface area (TPSA) is 47.9 Å². The zero-order chi connectivity index (χ0) is 15.1. The molecule has 0 aromatic carbocycles. The van der Waals surface area contributed by atoms with E-state index in [9.17, 15) is 5.11 Å². The van der Waals surface area contributed by atoms with E-state index in [2.05, 4.69) is 20.0 Å². The third-order valence-corrected chi connectivity index (χ3v) is 6.35. The molecule has 1 N–H and O–H groups in total. The molecule has 1 saturated heterocycles. The number of unbranched alkanes of at least 4 members (excludes halogenated alkanes) is 1. The molecule has 2 atom stereocenters. The molecule has 1 heterocycles. The minimum atomic E-state index is -1.70. The van der Waals surface area contributed by atoms with Crippen LogP contribution in [0.15, 0.2) is 0 Å². The Kier molecular flexibility index (Phi) is 7.68. The molecule has 2 unspecified atom stereocenters. The number of aliphatic hydroxyl groups is 1. The molecule has 1 aliphatic heterocycles. The number of hydrogen-bond acceptors (Lipinski definition) is 4. The molecule has 0 aliphatic carbocycles. The van der Waals surface area contributed by atoms with Crippen LogP contribution in [-0.4, -0.2) is 38.7 Å². The van der Waals surface area contributed by atoms with Crippen molar-refractivity contribution >= 4 is 8.32 Å². The Morgan fingerprint density at radius 1 is 1.30 bits per heavy atom. The molecule has 0 aromatic heterocycles. The summed E-state index contributed by atoms with van der Waals surface area (Å²) in [6, 6.07) is 1.13. The molecule has 20 heavy (non-hydrogen) atoms. The monoisotopic (exact) mass is 304 g/mol. The van der Waals surface area contributed by atoms with E-state index >= 15 is 0 Å². The molecule has 0 aromatic rings. The second kappa shape index (κ2) is 8.49. The summed E-state index contributed by atoms with van der Waals surface area (Å²) in [5.74, 6) is -1.21. The molecule has 1 fully saturated rings. The standard InChI is InChI=1S/C15H32O4Si/c1-5-7-12-20(3,4)18-13-15(16,6-2)19-14-10-8-9-11-17-14/h14,16H,5-13H2,1-4H3. The molecule has 0 saturated carbocycles. The number of hydrogen-bond donors (Lipinski definition) is 1. The Morgan fingerprint density at radius 3 is 2.60 bits per heavy atom. The summed E-state index contributed by atoms with van der Waals surface area (Å²) in [7, 11) is -1.70. The van der Waals surface area contributed by atoms with Crippen molar-refractivity contribution in [1.82, 2.24) is 0 Å². The van der Waals surface area contributed by atoms with Crippen molar-refractivity contribution in [3.8, 4) is 0 Å². The number of rotatable bonds is 9. The first kappa shape index (κ1) is 18.1. The Hall–Kier alpha value is 0.0569. The van der Waals surface area contributed by atoms with Crippen LogP contribution in [0.2, 0.25) is 19.1 Å². The molecule has 120 valence electrons. The van der Waals surface area contributed by atoms with E-state index in [0.717, 1.165) is 31.9 Å². The quantitative estimate of drug-likeness (QED) is 0.522. The van der Waals surface area contributed by atoms with Gasteiger partial charge in [-0.2, -0.15) is 0 Å². The van der Waals surface area contributed by atoms with Gasteiger partial charge in [0.2, 0.25) is 0 Å². The van der Waals surface area contributed by atoms with Crippen molar-refractivity contribution in [3.63, 3.8) is 0 Å². The Labute approximate surface area is 124 Å². The highest BCUT2D eigenvalue weighted by atomic mass is 28.4. The van der Waals surface area contributed by atoms with Gasteiger partial charge in [-0.3, -0.25) is 0 Å². The van der Waals surface area contributed by atoms with Crippen molar-refractivity contribution in [3.05, 3.63) is 0 Å². The van der Waals surface area contributed by atoms with Crippen molar-refractivity contribution in [2.75, 3.05) is 13.2 Å². The molecule has 1 rings (SSSR count). The van der Waals surface area contributed by atoms with Crippen LogP contribution in [-0.2, 0) is 13.9 Å². The largest absolute Gasteiger partial charge is 0.412 e. The van der Waals surface area contributed by atoms with Crippen LogP contribution in [0.25, 0.3) is 0 Å². The first-order valence-electron chi connectivity index (χ1n) is 8.06. The normalized spacial score (nSPS) is 23.6. The van der Waals surface area contributed by atoms with Crippen molar-refractivity contribution in [1.29, 1.82) is 0 Å². The molecule has 5 heteroatoms. The van der Waals surface area contributed by atoms with Gasteiger partial charge in [-0.15, -0.1) is 0 Å². The van der Waals surface area contributed by atoms with Gasteiger partial charge in [0, 0.05) is 13.0 Å². The average Bonchev–Trinajstić information content (AvgIpc) is 2.44. The fraction of sp³-hybridized carbons (Fsp3) is 1.00. The fourth-order valence-electron chi connectivity index (χ4n) is 2.25. The third-order valence-electron chi connectivity index (χ3n) is 3.86. The van der Waals surface area contributed by atoms with Crippen molar-refractivity contribution in [2.24, 2.45) is 0 Å². The van der Waals surface area contributed by atoms with E-state index < -0.39 is 14.1 Å². The SMILES string of the molecule is CCCC[Si](C)(C)OCC(O)(CC)OC1CCCCO1. The Morgan fingerprint density at radius 2 is 2.05 bits per heavy atom. The van der Waals surface area contributed by atoms with Crippen LogP contribution >= 0.6 is 0 Å². The van der Waals surface area contributed by atoms with Gasteiger partial charge in [0.25, 0.3) is 0 Å². The second-order valence-electron chi connectivity index (χ2n) is 6.37. The van der Waals surface area contributed by atoms with E-state index in [1.165, 1.54) is 12.8 Å². The minimum absolute atomic E-state index is 0.256. The average molecular weight is 305 g/mol. The highest BCUT2D eigenvalue weighted by Gasteiger charge is 2.34. The van der Waals surface area contributed by atoms with Crippen LogP contribution in [0.3, 0.4) is 0 Å². The van der Waals surface area contributed by atoms with Gasteiger partial charge >= 0.3 is 0 Å². The summed E-state index contributed by atoms with van der Waals surface area (Å²) >= 11 is 0. The Bertz CT molecular complexity index is 267. The maximum atomic E-state index is 10.6. The van der Waals surface area contributed by atoms with Gasteiger partial charge < -0.3 is 19.0 Å². The summed E-state index contributed by atoms with van der Waals surface area (Å²) in [6.45, 7) is 9.50. The lowest BCUT2D eigenvalue weighted by Crippen LogP contribution is -2.45. The lowest BCUT2D eigenvalue weighted by molar-refractivity contribution is -0.308. The summed E-state index contributed by atoms with van der Waals surface area (Å²) in [4.78, 5) is 0. The summed E-state index contributed by atoms with van der Waals surface area (Å²) in [6.07, 6.45) is 5.66. The first-order chi connectivity index (χ1) is 9.41. The molecular formula is C15H32O4Si. The Balaban J connectivity index is 2.42. The lowest BCUT2D eigenvalue weighted by Gasteiger charge is -2.35. The zero-order valence-electron chi connectivity index (χ0n) is 13.6. The van der Waals surface area contributed by atoms with Crippen molar-refractivity contribution < 1.29 is 19.0 Å². The maximum Gasteiger partial charge on any atom is 0.190 e. The number of ether oxygens (including phenoxy) is 2. The predicted molar refractivity (Wildman–Crippen MR) is 83.1 cm³/mol. The summed E-state index contributed by atoms with van der Waals surface area (Å²) in [5.41, 5.74) is 0. The summed E-state index contributed by atoms with van der Waals surface area (Å²) < 4.78 is 17.3. The molecular weight excluding hydrogens is 272 g/mol. The second-order valence-corrected chi connectivity index (χ2v) is 10.7. The van der Waals surface area contributed by atoms with E-state index in [4.69, 9.17) is 13.9 Å². The molecule has 0 radical (unpaired) electrons. The van der Waals surface area contributed by atoms with E-state index in [-0.39, 0.29) is 12.9 Å².